The van der Waals surface area contributed by atoms with E-state index in [2.05, 4.69) is 32.0 Å². The van der Waals surface area contributed by atoms with Crippen molar-refractivity contribution < 1.29 is 34.7 Å². The maximum Gasteiger partial charge on any atom is 0.161 e. The monoisotopic (exact) mass is 649 g/mol. The predicted molar refractivity (Wildman–Crippen MR) is 138 cm³/mol. The van der Waals surface area contributed by atoms with Gasteiger partial charge in [-0.05, 0) is 35.2 Å². The van der Waals surface area contributed by atoms with Crippen LogP contribution < -0.4 is 4.74 Å². The second-order valence-corrected chi connectivity index (χ2v) is 9.63. The Morgan fingerprint density at radius 2 is 1.69 bits per heavy atom. The molecule has 5 heteroatoms. The van der Waals surface area contributed by atoms with Crippen molar-refractivity contribution in [3.63, 3.8) is 0 Å². The van der Waals surface area contributed by atoms with Crippen LogP contribution in [0.1, 0.15) is 47.1 Å². The molecule has 0 bridgehead atoms. The average Bonchev–Trinajstić information content (AvgIpc) is 2.93. The molecular weight excluding hydrogens is 615 g/mol. The Morgan fingerprint density at radius 3 is 2.34 bits per heavy atom. The molecule has 1 radical (unpaired) electrons. The normalized spacial score (nSPS) is 11.9. The number of carbonyl (C=O) groups is 1. The number of carbonyl (C=O) groups excluding carboxylic acids is 1. The van der Waals surface area contributed by atoms with E-state index in [9.17, 15) is 9.90 Å². The fourth-order valence-electron chi connectivity index (χ4n) is 3.56. The zero-order valence-electron chi connectivity index (χ0n) is 21.3. The molecule has 1 N–H and O–H groups in total. The number of aliphatic hydroxyl groups excluding tert-OH is 1. The number of para-hydroxylation sites is 1. The van der Waals surface area contributed by atoms with Crippen molar-refractivity contribution >= 4 is 5.78 Å². The number of pyridine rings is 1. The summed E-state index contributed by atoms with van der Waals surface area (Å²) in [5.41, 5.74) is 5.34. The largest absolute Gasteiger partial charge is 0.512 e. The SMILES string of the molecule is CC(C)C(=O)C=C(O)C(C)C.CC(C)Cc1cnc2c(c1)-c1ccccc1Oc1ccc[c-]c1-2.[Ir]. The molecule has 1 aromatic heterocycles. The topological polar surface area (TPSA) is 59.4 Å². The van der Waals surface area contributed by atoms with Crippen molar-refractivity contribution in [1.82, 2.24) is 4.98 Å². The molecule has 35 heavy (non-hydrogen) atoms. The van der Waals surface area contributed by atoms with E-state index in [0.717, 1.165) is 40.3 Å². The summed E-state index contributed by atoms with van der Waals surface area (Å²) in [6.45, 7) is 11.8. The van der Waals surface area contributed by atoms with E-state index in [1.807, 2.05) is 70.3 Å². The third-order valence-electron chi connectivity index (χ3n) is 5.49. The Kier molecular flexibility index (Phi) is 10.4. The molecule has 0 atom stereocenters. The molecule has 0 amide bonds. The number of ether oxygens (including phenoxy) is 1. The quantitative estimate of drug-likeness (QED) is 0.136. The Labute approximate surface area is 222 Å². The van der Waals surface area contributed by atoms with Gasteiger partial charge in [0.25, 0.3) is 0 Å². The zero-order chi connectivity index (χ0) is 24.8. The standard InChI is InChI=1S/C21H18NO.C9H16O2.Ir/c1-14(2)11-15-12-18-16-7-3-5-9-19(16)23-20-10-6-4-8-17(20)21(18)22-13-15;1-6(2)8(10)5-9(11)7(3)4;/h3-7,9-10,12-14H,11H2,1-2H3;5-7,10H,1-4H3;/q-1;;. The molecule has 4 rings (SSSR count). The minimum absolute atomic E-state index is 0. The van der Waals surface area contributed by atoms with Crippen LogP contribution in [-0.4, -0.2) is 15.9 Å². The minimum atomic E-state index is -0.0316. The van der Waals surface area contributed by atoms with Crippen LogP contribution in [-0.2, 0) is 31.3 Å². The summed E-state index contributed by atoms with van der Waals surface area (Å²) in [4.78, 5) is 15.8. The van der Waals surface area contributed by atoms with Crippen LogP contribution in [0.15, 0.2) is 66.6 Å². The molecule has 0 fully saturated rings. The number of ketones is 1. The third-order valence-corrected chi connectivity index (χ3v) is 5.49. The van der Waals surface area contributed by atoms with Crippen molar-refractivity contribution in [2.75, 3.05) is 0 Å². The van der Waals surface area contributed by atoms with Crippen LogP contribution in [0.4, 0.5) is 0 Å². The molecule has 0 spiro atoms. The Bertz CT molecular complexity index is 1180. The van der Waals surface area contributed by atoms with Crippen molar-refractivity contribution in [2.45, 2.75) is 48.0 Å². The van der Waals surface area contributed by atoms with E-state index in [0.29, 0.717) is 5.92 Å². The predicted octanol–water partition coefficient (Wildman–Crippen LogP) is 7.83. The van der Waals surface area contributed by atoms with E-state index in [1.165, 1.54) is 11.6 Å². The van der Waals surface area contributed by atoms with E-state index < -0.39 is 0 Å². The van der Waals surface area contributed by atoms with E-state index in [1.54, 1.807) is 0 Å². The summed E-state index contributed by atoms with van der Waals surface area (Å²) in [6, 6.07) is 19.5. The van der Waals surface area contributed by atoms with Crippen molar-refractivity contribution in [2.24, 2.45) is 17.8 Å². The van der Waals surface area contributed by atoms with Gasteiger partial charge in [0.1, 0.15) is 5.75 Å². The number of fused-ring (bicyclic) bond motifs is 5. The second-order valence-electron chi connectivity index (χ2n) is 9.63. The van der Waals surface area contributed by atoms with Gasteiger partial charge in [-0.25, -0.2) is 0 Å². The molecule has 1 aliphatic rings. The molecule has 0 aliphatic carbocycles. The average molecular weight is 649 g/mol. The van der Waals surface area contributed by atoms with Gasteiger partial charge < -0.3 is 14.8 Å². The van der Waals surface area contributed by atoms with E-state index >= 15 is 0 Å². The Morgan fingerprint density at radius 1 is 1.00 bits per heavy atom. The smallest absolute Gasteiger partial charge is 0.161 e. The summed E-state index contributed by atoms with van der Waals surface area (Å²) < 4.78 is 6.13. The van der Waals surface area contributed by atoms with Crippen LogP contribution in [0.3, 0.4) is 0 Å². The second kappa shape index (κ2) is 12.8. The molecule has 0 saturated heterocycles. The number of nitrogens with zero attached hydrogens (tertiary/aromatic N) is 1. The van der Waals surface area contributed by atoms with Gasteiger partial charge in [0.05, 0.1) is 5.76 Å². The first kappa shape index (κ1) is 28.5. The van der Waals surface area contributed by atoms with E-state index in [-0.39, 0.29) is 43.5 Å². The van der Waals surface area contributed by atoms with Crippen LogP contribution in [0.25, 0.3) is 22.4 Å². The molecule has 0 saturated carbocycles. The minimum Gasteiger partial charge on any atom is -0.512 e. The van der Waals surface area contributed by atoms with Gasteiger partial charge >= 0.3 is 0 Å². The maximum absolute atomic E-state index is 11.0. The summed E-state index contributed by atoms with van der Waals surface area (Å²) in [5, 5.41) is 9.19. The van der Waals surface area contributed by atoms with Gasteiger partial charge in [-0.15, -0.1) is 24.3 Å². The molecule has 2 aromatic carbocycles. The summed E-state index contributed by atoms with van der Waals surface area (Å²) in [6.07, 6.45) is 4.32. The first-order chi connectivity index (χ1) is 16.2. The number of hydrogen-bond acceptors (Lipinski definition) is 4. The number of rotatable bonds is 5. The number of allylic oxidation sites excluding steroid dienone is 2. The summed E-state index contributed by atoms with van der Waals surface area (Å²) >= 11 is 0. The van der Waals surface area contributed by atoms with Gasteiger partial charge in [0.15, 0.2) is 5.78 Å². The Hall–Kier alpha value is -2.75. The van der Waals surface area contributed by atoms with Gasteiger partial charge in [0.2, 0.25) is 0 Å². The van der Waals surface area contributed by atoms with Crippen LogP contribution in [0, 0.1) is 23.8 Å². The number of aliphatic hydroxyl groups is 1. The van der Waals surface area contributed by atoms with Crippen molar-refractivity contribution in [3.8, 4) is 33.9 Å². The van der Waals surface area contributed by atoms with Gasteiger partial charge in [-0.3, -0.25) is 4.79 Å². The van der Waals surface area contributed by atoms with Crippen LogP contribution in [0.2, 0.25) is 0 Å². The number of benzene rings is 2. The van der Waals surface area contributed by atoms with Crippen LogP contribution in [0.5, 0.6) is 11.5 Å². The molecule has 1 aliphatic heterocycles. The van der Waals surface area contributed by atoms with Crippen molar-refractivity contribution in [3.05, 3.63) is 78.2 Å². The van der Waals surface area contributed by atoms with Gasteiger partial charge in [-0.2, -0.15) is 0 Å². The molecule has 3 aromatic rings. The summed E-state index contributed by atoms with van der Waals surface area (Å²) in [5.74, 6) is 2.44. The Balaban J connectivity index is 0.000000310. The number of hydrogen-bond donors (Lipinski definition) is 1. The van der Waals surface area contributed by atoms with Gasteiger partial charge in [0, 0.05) is 55.5 Å². The first-order valence-corrected chi connectivity index (χ1v) is 11.9. The summed E-state index contributed by atoms with van der Waals surface area (Å²) in [7, 11) is 0. The molecule has 187 valence electrons. The molecule has 0 unspecified atom stereocenters. The maximum atomic E-state index is 11.0. The molecule has 4 nitrogen and oxygen atoms in total. The first-order valence-electron chi connectivity index (χ1n) is 11.9. The van der Waals surface area contributed by atoms with Gasteiger partial charge in [-0.1, -0.05) is 71.4 Å². The number of aromatic nitrogens is 1. The van der Waals surface area contributed by atoms with E-state index in [4.69, 9.17) is 9.72 Å². The van der Waals surface area contributed by atoms with Crippen molar-refractivity contribution in [1.29, 1.82) is 0 Å². The third kappa shape index (κ3) is 7.36. The van der Waals surface area contributed by atoms with Crippen LogP contribution >= 0.6 is 0 Å². The molecule has 2 heterocycles. The fraction of sp³-hybridized carbons (Fsp3) is 0.333. The molecular formula is C30H34IrNO3-. The zero-order valence-corrected chi connectivity index (χ0v) is 23.7. The fourth-order valence-corrected chi connectivity index (χ4v) is 3.56.